The van der Waals surface area contributed by atoms with Gasteiger partial charge >= 0.3 is 5.97 Å². The number of rotatable bonds is 6. The van der Waals surface area contributed by atoms with Crippen molar-refractivity contribution in [2.24, 2.45) is 0 Å². The van der Waals surface area contributed by atoms with Crippen LogP contribution >= 0.6 is 34.3 Å². The van der Waals surface area contributed by atoms with Crippen LogP contribution in [0.4, 0.5) is 5.13 Å². The molecule has 0 radical (unpaired) electrons. The number of thiophene rings is 1. The highest BCUT2D eigenvalue weighted by atomic mass is 35.5. The Bertz CT molecular complexity index is 878. The lowest BCUT2D eigenvalue weighted by Gasteiger charge is -2.04. The third-order valence-corrected chi connectivity index (χ3v) is 5.13. The van der Waals surface area contributed by atoms with E-state index in [0.717, 1.165) is 10.4 Å². The fraction of sp³-hybridized carbons (Fsp3) is 0.118. The fourth-order valence-electron chi connectivity index (χ4n) is 2.03. The maximum Gasteiger partial charge on any atom is 0.311 e. The Labute approximate surface area is 157 Å². The van der Waals surface area contributed by atoms with Crippen LogP contribution in [0.1, 0.15) is 4.88 Å². The average molecular weight is 393 g/mol. The van der Waals surface area contributed by atoms with E-state index in [9.17, 15) is 9.59 Å². The van der Waals surface area contributed by atoms with Gasteiger partial charge in [-0.2, -0.15) is 0 Å². The van der Waals surface area contributed by atoms with Gasteiger partial charge in [0.1, 0.15) is 0 Å². The van der Waals surface area contributed by atoms with Crippen molar-refractivity contribution in [3.05, 3.63) is 57.1 Å². The minimum Gasteiger partial charge on any atom is -0.455 e. The van der Waals surface area contributed by atoms with Crippen LogP contribution in [0.2, 0.25) is 5.02 Å². The maximum atomic E-state index is 11.9. The zero-order valence-electron chi connectivity index (χ0n) is 12.9. The second-order valence-corrected chi connectivity index (χ2v) is 7.28. The van der Waals surface area contributed by atoms with E-state index in [4.69, 9.17) is 16.3 Å². The summed E-state index contributed by atoms with van der Waals surface area (Å²) in [4.78, 5) is 28.8. The summed E-state index contributed by atoms with van der Waals surface area (Å²) in [5.41, 5.74) is 1.48. The van der Waals surface area contributed by atoms with E-state index in [0.29, 0.717) is 15.8 Å². The lowest BCUT2D eigenvalue weighted by Crippen LogP contribution is -2.21. The van der Waals surface area contributed by atoms with Gasteiger partial charge in [0, 0.05) is 20.8 Å². The van der Waals surface area contributed by atoms with E-state index in [1.54, 1.807) is 11.4 Å². The lowest BCUT2D eigenvalue weighted by atomic mass is 10.2. The molecule has 0 spiro atoms. The van der Waals surface area contributed by atoms with Crippen molar-refractivity contribution in [2.45, 2.75) is 6.42 Å². The number of ether oxygens (including phenoxy) is 1. The van der Waals surface area contributed by atoms with E-state index in [-0.39, 0.29) is 13.0 Å². The smallest absolute Gasteiger partial charge is 0.311 e. The van der Waals surface area contributed by atoms with Gasteiger partial charge in [-0.25, -0.2) is 4.98 Å². The van der Waals surface area contributed by atoms with Crippen LogP contribution in [0.5, 0.6) is 0 Å². The number of amides is 1. The third-order valence-electron chi connectivity index (χ3n) is 3.16. The van der Waals surface area contributed by atoms with E-state index in [2.05, 4.69) is 10.3 Å². The van der Waals surface area contributed by atoms with E-state index >= 15 is 0 Å². The van der Waals surface area contributed by atoms with Crippen LogP contribution in [0.25, 0.3) is 11.3 Å². The van der Waals surface area contributed by atoms with Crippen LogP contribution < -0.4 is 5.32 Å². The molecular formula is C17H13ClN2O3S2. The number of thiazole rings is 1. The molecule has 0 unspecified atom stereocenters. The maximum absolute atomic E-state index is 11.9. The summed E-state index contributed by atoms with van der Waals surface area (Å²) in [5.74, 6) is -0.868. The number of benzene rings is 1. The summed E-state index contributed by atoms with van der Waals surface area (Å²) in [6.07, 6.45) is 0.166. The Morgan fingerprint density at radius 1 is 1.16 bits per heavy atom. The Morgan fingerprint density at radius 2 is 2.00 bits per heavy atom. The minimum atomic E-state index is -0.437. The number of carbonyl (C=O) groups is 2. The molecule has 5 nitrogen and oxygen atoms in total. The van der Waals surface area contributed by atoms with Crippen LogP contribution in [0.15, 0.2) is 47.2 Å². The largest absolute Gasteiger partial charge is 0.455 e. The number of anilines is 1. The molecule has 2 heterocycles. The van der Waals surface area contributed by atoms with Gasteiger partial charge in [0.2, 0.25) is 0 Å². The van der Waals surface area contributed by atoms with Gasteiger partial charge < -0.3 is 4.74 Å². The molecule has 25 heavy (non-hydrogen) atoms. The summed E-state index contributed by atoms with van der Waals surface area (Å²) >= 11 is 8.89. The number of carbonyl (C=O) groups excluding carboxylic acids is 2. The second kappa shape index (κ2) is 8.24. The number of halogens is 1. The Balaban J connectivity index is 1.52. The molecule has 1 N–H and O–H groups in total. The number of esters is 1. The summed E-state index contributed by atoms with van der Waals surface area (Å²) in [5, 5.41) is 7.32. The highest BCUT2D eigenvalue weighted by molar-refractivity contribution is 7.14. The molecule has 0 aliphatic rings. The average Bonchev–Trinajstić information content (AvgIpc) is 3.25. The first-order valence-electron chi connectivity index (χ1n) is 7.30. The molecule has 3 rings (SSSR count). The van der Waals surface area contributed by atoms with Gasteiger partial charge in [-0.1, -0.05) is 35.9 Å². The van der Waals surface area contributed by atoms with Crippen molar-refractivity contribution in [1.82, 2.24) is 4.98 Å². The summed E-state index contributed by atoms with van der Waals surface area (Å²) < 4.78 is 4.97. The topological polar surface area (TPSA) is 68.3 Å². The van der Waals surface area contributed by atoms with Crippen LogP contribution in [-0.2, 0) is 20.7 Å². The molecule has 0 aliphatic carbocycles. The number of nitrogens with zero attached hydrogens (tertiary/aromatic N) is 1. The normalized spacial score (nSPS) is 10.4. The first kappa shape index (κ1) is 17.6. The monoisotopic (exact) mass is 392 g/mol. The van der Waals surface area contributed by atoms with Crippen molar-refractivity contribution in [3.63, 3.8) is 0 Å². The Kier molecular flexibility index (Phi) is 5.80. The van der Waals surface area contributed by atoms with Gasteiger partial charge in [-0.05, 0) is 17.5 Å². The van der Waals surface area contributed by atoms with Gasteiger partial charge in [-0.15, -0.1) is 22.7 Å². The summed E-state index contributed by atoms with van der Waals surface area (Å²) in [6.45, 7) is -0.342. The van der Waals surface area contributed by atoms with Crippen molar-refractivity contribution in [1.29, 1.82) is 0 Å². The molecule has 3 aromatic rings. The number of hydrogen-bond donors (Lipinski definition) is 1. The Hall–Kier alpha value is -2.22. The number of nitrogens with one attached hydrogen (secondary N) is 1. The zero-order chi connectivity index (χ0) is 17.6. The van der Waals surface area contributed by atoms with Crippen LogP contribution in [0, 0.1) is 0 Å². The molecule has 0 bridgehead atoms. The van der Waals surface area contributed by atoms with E-state index in [1.165, 1.54) is 22.7 Å². The third kappa shape index (κ3) is 4.88. The molecule has 0 saturated heterocycles. The van der Waals surface area contributed by atoms with Crippen molar-refractivity contribution in [3.8, 4) is 11.3 Å². The predicted octanol–water partition coefficient (Wildman–Crippen LogP) is 4.25. The lowest BCUT2D eigenvalue weighted by molar-refractivity contribution is -0.146. The molecule has 0 saturated carbocycles. The van der Waals surface area contributed by atoms with Gasteiger partial charge in [0.15, 0.2) is 11.7 Å². The first-order chi connectivity index (χ1) is 12.1. The first-order valence-corrected chi connectivity index (χ1v) is 9.44. The molecule has 1 amide bonds. The minimum absolute atomic E-state index is 0.166. The predicted molar refractivity (Wildman–Crippen MR) is 100 cm³/mol. The Morgan fingerprint density at radius 3 is 2.76 bits per heavy atom. The molecule has 1 aromatic carbocycles. The van der Waals surface area contributed by atoms with Crippen molar-refractivity contribution in [2.75, 3.05) is 11.9 Å². The van der Waals surface area contributed by atoms with Crippen LogP contribution in [0.3, 0.4) is 0 Å². The molecule has 0 atom stereocenters. The second-order valence-electron chi connectivity index (χ2n) is 4.98. The summed E-state index contributed by atoms with van der Waals surface area (Å²) in [6, 6.07) is 11.0. The summed E-state index contributed by atoms with van der Waals surface area (Å²) in [7, 11) is 0. The highest BCUT2D eigenvalue weighted by Gasteiger charge is 2.12. The molecule has 0 aliphatic heterocycles. The van der Waals surface area contributed by atoms with E-state index < -0.39 is 11.9 Å². The zero-order valence-corrected chi connectivity index (χ0v) is 15.3. The van der Waals surface area contributed by atoms with Gasteiger partial charge in [-0.3, -0.25) is 14.9 Å². The number of hydrogen-bond acceptors (Lipinski definition) is 6. The molecule has 0 fully saturated rings. The van der Waals surface area contributed by atoms with Crippen molar-refractivity contribution < 1.29 is 14.3 Å². The fourth-order valence-corrected chi connectivity index (χ4v) is 3.68. The molecule has 8 heteroatoms. The number of aromatic nitrogens is 1. The standard InChI is InChI=1S/C17H13ClN2O3S2/c18-13-6-2-1-5-12(13)14-10-25-17(19-14)20-15(21)9-23-16(22)8-11-4-3-7-24-11/h1-7,10H,8-9H2,(H,19,20,21). The van der Waals surface area contributed by atoms with E-state index in [1.807, 2.05) is 35.7 Å². The molecule has 2 aromatic heterocycles. The SMILES string of the molecule is O=C(COC(=O)Cc1cccs1)Nc1nc(-c2ccccc2Cl)cs1. The quantitative estimate of drug-likeness (QED) is 0.637. The molecular weight excluding hydrogens is 380 g/mol. The molecule has 128 valence electrons. The highest BCUT2D eigenvalue weighted by Crippen LogP contribution is 2.30. The van der Waals surface area contributed by atoms with Gasteiger partial charge in [0.05, 0.1) is 12.1 Å². The van der Waals surface area contributed by atoms with Gasteiger partial charge in [0.25, 0.3) is 5.91 Å². The van der Waals surface area contributed by atoms with Crippen molar-refractivity contribution >= 4 is 51.3 Å². The van der Waals surface area contributed by atoms with Crippen LogP contribution in [-0.4, -0.2) is 23.5 Å².